The van der Waals surface area contributed by atoms with E-state index in [1.165, 1.54) is 7.11 Å². The molecule has 1 N–H and O–H groups in total. The van der Waals surface area contributed by atoms with E-state index in [1.807, 2.05) is 13.8 Å². The molecule has 2 heterocycles. The maximum atomic E-state index is 13.4. The van der Waals surface area contributed by atoms with Crippen molar-refractivity contribution in [3.05, 3.63) is 53.9 Å². The minimum Gasteiger partial charge on any atom is -0.491 e. The Bertz CT molecular complexity index is 1060. The Kier molecular flexibility index (Phi) is 9.38. The zero-order chi connectivity index (χ0) is 26.2. The van der Waals surface area contributed by atoms with E-state index in [-0.39, 0.29) is 49.0 Å². The maximum Gasteiger partial charge on any atom is 0.257 e. The highest BCUT2D eigenvalue weighted by molar-refractivity contribution is 5.99. The summed E-state index contributed by atoms with van der Waals surface area (Å²) in [6, 6.07) is 7.97. The van der Waals surface area contributed by atoms with Crippen LogP contribution >= 0.6 is 0 Å². The number of nitrogens with zero attached hydrogens (tertiary/aromatic N) is 3. The zero-order valence-corrected chi connectivity index (χ0v) is 21.4. The first kappa shape index (κ1) is 27.1. The molecule has 0 aliphatic carbocycles. The van der Waals surface area contributed by atoms with E-state index in [0.29, 0.717) is 35.7 Å². The fourth-order valence-corrected chi connectivity index (χ4v) is 4.13. The van der Waals surface area contributed by atoms with E-state index in [0.717, 1.165) is 0 Å². The first-order chi connectivity index (χ1) is 17.2. The number of benzene rings is 1. The van der Waals surface area contributed by atoms with E-state index in [9.17, 15) is 14.4 Å². The van der Waals surface area contributed by atoms with E-state index < -0.39 is 0 Å². The van der Waals surface area contributed by atoms with Crippen LogP contribution < -0.4 is 10.1 Å². The van der Waals surface area contributed by atoms with E-state index in [2.05, 4.69) is 10.3 Å². The molecule has 0 radical (unpaired) electrons. The van der Waals surface area contributed by atoms with Crippen molar-refractivity contribution in [3.63, 3.8) is 0 Å². The van der Waals surface area contributed by atoms with Gasteiger partial charge in [0.25, 0.3) is 11.8 Å². The Morgan fingerprint density at radius 2 is 1.86 bits per heavy atom. The molecule has 0 saturated heterocycles. The third-order valence-corrected chi connectivity index (χ3v) is 6.19. The number of carbonyl (C=O) groups is 3. The molecule has 1 aliphatic heterocycles. The molecule has 10 heteroatoms. The van der Waals surface area contributed by atoms with Gasteiger partial charge >= 0.3 is 0 Å². The second-order valence-corrected chi connectivity index (χ2v) is 8.98. The number of anilines is 1. The molecular formula is C26H34N4O6. The molecule has 1 aromatic heterocycles. The fourth-order valence-electron chi connectivity index (χ4n) is 4.13. The normalized spacial score (nSPS) is 21.0. The summed E-state index contributed by atoms with van der Waals surface area (Å²) in [6.07, 6.45) is 2.87. The molecule has 0 bridgehead atoms. The van der Waals surface area contributed by atoms with Gasteiger partial charge in [0, 0.05) is 63.9 Å². The van der Waals surface area contributed by atoms with Gasteiger partial charge in [-0.25, -0.2) is 0 Å². The molecule has 194 valence electrons. The third kappa shape index (κ3) is 6.58. The lowest BCUT2D eigenvalue weighted by Crippen LogP contribution is -2.48. The first-order valence-electron chi connectivity index (χ1n) is 11.8. The van der Waals surface area contributed by atoms with Gasteiger partial charge in [-0.3, -0.25) is 19.4 Å². The summed E-state index contributed by atoms with van der Waals surface area (Å²) in [4.78, 5) is 46.2. The van der Waals surface area contributed by atoms with Crippen molar-refractivity contribution in [2.75, 3.05) is 52.9 Å². The van der Waals surface area contributed by atoms with Gasteiger partial charge in [0.05, 0.1) is 17.7 Å². The number of pyridine rings is 1. The Labute approximate surface area is 211 Å². The summed E-state index contributed by atoms with van der Waals surface area (Å²) >= 11 is 0. The number of aromatic nitrogens is 1. The van der Waals surface area contributed by atoms with Crippen molar-refractivity contribution in [2.45, 2.75) is 26.0 Å². The Balaban J connectivity index is 1.96. The summed E-state index contributed by atoms with van der Waals surface area (Å²) in [6.45, 7) is 4.70. The number of hydrogen-bond donors (Lipinski definition) is 1. The average molecular weight is 499 g/mol. The Morgan fingerprint density at radius 1 is 1.14 bits per heavy atom. The molecule has 3 atom stereocenters. The highest BCUT2D eigenvalue weighted by Gasteiger charge is 2.31. The predicted octanol–water partition coefficient (Wildman–Crippen LogP) is 2.31. The minimum atomic E-state index is -0.334. The van der Waals surface area contributed by atoms with Crippen LogP contribution in [0, 0.1) is 5.92 Å². The van der Waals surface area contributed by atoms with Crippen molar-refractivity contribution in [1.82, 2.24) is 14.8 Å². The number of methoxy groups -OCH3 is 2. The van der Waals surface area contributed by atoms with Crippen molar-refractivity contribution < 1.29 is 28.6 Å². The second kappa shape index (κ2) is 12.5. The molecular weight excluding hydrogens is 464 g/mol. The van der Waals surface area contributed by atoms with Crippen LogP contribution in [0.25, 0.3) is 0 Å². The van der Waals surface area contributed by atoms with Gasteiger partial charge in [0.15, 0.2) is 0 Å². The Morgan fingerprint density at radius 3 is 2.53 bits per heavy atom. The second-order valence-electron chi connectivity index (χ2n) is 8.98. The summed E-state index contributed by atoms with van der Waals surface area (Å²) in [5, 5.41) is 2.72. The molecule has 1 aliphatic rings. The van der Waals surface area contributed by atoms with Crippen LogP contribution in [0.4, 0.5) is 5.69 Å². The lowest BCUT2D eigenvalue weighted by Gasteiger charge is -2.36. The highest BCUT2D eigenvalue weighted by Crippen LogP contribution is 2.27. The number of likely N-dealkylation sites (N-methyl/N-ethyl adjacent to an activating group) is 1. The maximum absolute atomic E-state index is 13.4. The molecule has 2 aromatic rings. The molecule has 0 saturated carbocycles. The summed E-state index contributed by atoms with van der Waals surface area (Å²) in [5.41, 5.74) is 1.29. The predicted molar refractivity (Wildman–Crippen MR) is 134 cm³/mol. The van der Waals surface area contributed by atoms with Crippen molar-refractivity contribution in [2.24, 2.45) is 5.92 Å². The van der Waals surface area contributed by atoms with Gasteiger partial charge in [-0.15, -0.1) is 0 Å². The van der Waals surface area contributed by atoms with Crippen LogP contribution in [0.3, 0.4) is 0 Å². The molecule has 0 spiro atoms. The topological polar surface area (TPSA) is 110 Å². The zero-order valence-electron chi connectivity index (χ0n) is 21.4. The number of carbonyl (C=O) groups excluding carboxylic acids is 3. The van der Waals surface area contributed by atoms with Crippen LogP contribution in [0.2, 0.25) is 0 Å². The molecule has 36 heavy (non-hydrogen) atoms. The number of fused-ring (bicyclic) bond motifs is 1. The third-order valence-electron chi connectivity index (χ3n) is 6.19. The van der Waals surface area contributed by atoms with Crippen LogP contribution in [-0.2, 0) is 14.3 Å². The Hall–Kier alpha value is -3.50. The van der Waals surface area contributed by atoms with Crippen LogP contribution in [0.1, 0.15) is 34.6 Å². The standard InChI is InChI=1S/C26H34N4O6/c1-17-13-30(25(32)19-8-10-27-11-9-19)18(2)15-36-22-7-6-20(28-24(31)16-34-4)12-21(22)26(33)29(3)14-23(17)35-5/h6-12,17-18,23H,13-16H2,1-5H3,(H,28,31)/t17-,18-,23-/m1/s1. The van der Waals surface area contributed by atoms with Crippen LogP contribution in [0.15, 0.2) is 42.7 Å². The minimum absolute atomic E-state index is 0.0722. The molecule has 3 rings (SSSR count). The average Bonchev–Trinajstić information content (AvgIpc) is 2.88. The smallest absolute Gasteiger partial charge is 0.257 e. The summed E-state index contributed by atoms with van der Waals surface area (Å²) in [7, 11) is 4.72. The monoisotopic (exact) mass is 498 g/mol. The largest absolute Gasteiger partial charge is 0.491 e. The number of hydrogen-bond acceptors (Lipinski definition) is 7. The van der Waals surface area contributed by atoms with E-state index in [1.54, 1.807) is 66.7 Å². The lowest BCUT2D eigenvalue weighted by molar-refractivity contribution is -0.119. The molecule has 1 aromatic carbocycles. The van der Waals surface area contributed by atoms with Gasteiger partial charge in [-0.05, 0) is 37.3 Å². The molecule has 0 fully saturated rings. The SMILES string of the molecule is COCC(=O)Nc1ccc2c(c1)C(=O)N(C)C[C@@H](OC)[C@H](C)CN(C(=O)c1ccncc1)[C@H](C)CO2. The molecule has 3 amide bonds. The van der Waals surface area contributed by atoms with Crippen LogP contribution in [-0.4, -0.2) is 92.2 Å². The van der Waals surface area contributed by atoms with Gasteiger partial charge in [-0.2, -0.15) is 0 Å². The number of amides is 3. The van der Waals surface area contributed by atoms with Crippen molar-refractivity contribution >= 4 is 23.4 Å². The van der Waals surface area contributed by atoms with Gasteiger partial charge in [0.2, 0.25) is 5.91 Å². The fraction of sp³-hybridized carbons (Fsp3) is 0.462. The van der Waals surface area contributed by atoms with Gasteiger partial charge in [0.1, 0.15) is 19.0 Å². The number of nitrogens with one attached hydrogen (secondary N) is 1. The van der Waals surface area contributed by atoms with E-state index in [4.69, 9.17) is 14.2 Å². The van der Waals surface area contributed by atoms with Crippen molar-refractivity contribution in [1.29, 1.82) is 0 Å². The summed E-state index contributed by atoms with van der Waals surface area (Å²) in [5.74, 6) is -0.438. The number of ether oxygens (including phenoxy) is 3. The highest BCUT2D eigenvalue weighted by atomic mass is 16.5. The quantitative estimate of drug-likeness (QED) is 0.674. The summed E-state index contributed by atoms with van der Waals surface area (Å²) < 4.78 is 16.7. The van der Waals surface area contributed by atoms with Crippen molar-refractivity contribution in [3.8, 4) is 5.75 Å². The van der Waals surface area contributed by atoms with Crippen LogP contribution in [0.5, 0.6) is 5.75 Å². The molecule has 10 nitrogen and oxygen atoms in total. The number of rotatable bonds is 5. The lowest BCUT2D eigenvalue weighted by atomic mass is 10.0. The van der Waals surface area contributed by atoms with E-state index >= 15 is 0 Å². The van der Waals surface area contributed by atoms with Gasteiger partial charge in [-0.1, -0.05) is 6.92 Å². The molecule has 0 unspecified atom stereocenters. The van der Waals surface area contributed by atoms with Gasteiger partial charge < -0.3 is 29.3 Å². The first-order valence-corrected chi connectivity index (χ1v) is 11.8.